The predicted molar refractivity (Wildman–Crippen MR) is 88.8 cm³/mol. The molecule has 1 aliphatic heterocycles. The SMILES string of the molecule is CCN1C(=O)/C(=C/c2ccc(OC)cc2)SC1=Nn1cnnc1. The number of ether oxygens (including phenoxy) is 1. The Hall–Kier alpha value is -2.61. The van der Waals surface area contributed by atoms with Crippen molar-refractivity contribution in [1.82, 2.24) is 19.8 Å². The van der Waals surface area contributed by atoms with Crippen LogP contribution >= 0.6 is 11.8 Å². The van der Waals surface area contributed by atoms with Gasteiger partial charge in [-0.1, -0.05) is 12.1 Å². The first-order valence-electron chi connectivity index (χ1n) is 7.00. The van der Waals surface area contributed by atoms with E-state index in [1.54, 1.807) is 12.0 Å². The molecule has 1 saturated heterocycles. The third kappa shape index (κ3) is 3.26. The van der Waals surface area contributed by atoms with Crippen molar-refractivity contribution in [2.75, 3.05) is 13.7 Å². The smallest absolute Gasteiger partial charge is 0.266 e. The zero-order valence-electron chi connectivity index (χ0n) is 12.7. The van der Waals surface area contributed by atoms with Crippen LogP contribution < -0.4 is 4.74 Å². The van der Waals surface area contributed by atoms with Crippen LogP contribution in [0.15, 0.2) is 46.9 Å². The van der Waals surface area contributed by atoms with Gasteiger partial charge in [0, 0.05) is 6.54 Å². The fourth-order valence-electron chi connectivity index (χ4n) is 2.06. The number of hydrogen-bond acceptors (Lipinski definition) is 6. The van der Waals surface area contributed by atoms with E-state index < -0.39 is 0 Å². The molecule has 1 aromatic heterocycles. The highest BCUT2D eigenvalue weighted by molar-refractivity contribution is 8.18. The lowest BCUT2D eigenvalue weighted by atomic mass is 10.2. The van der Waals surface area contributed by atoms with E-state index in [9.17, 15) is 4.79 Å². The molecule has 23 heavy (non-hydrogen) atoms. The minimum Gasteiger partial charge on any atom is -0.497 e. The largest absolute Gasteiger partial charge is 0.497 e. The predicted octanol–water partition coefficient (Wildman–Crippen LogP) is 2.04. The number of likely N-dealkylation sites (N-methyl/N-ethyl adjacent to an activating group) is 1. The van der Waals surface area contributed by atoms with E-state index in [-0.39, 0.29) is 5.91 Å². The second kappa shape index (κ2) is 6.66. The second-order valence-corrected chi connectivity index (χ2v) is 5.67. The second-order valence-electron chi connectivity index (χ2n) is 4.66. The van der Waals surface area contributed by atoms with Crippen LogP contribution in [-0.4, -0.2) is 44.5 Å². The Bertz CT molecular complexity index is 753. The van der Waals surface area contributed by atoms with Crippen molar-refractivity contribution in [3.63, 3.8) is 0 Å². The van der Waals surface area contributed by atoms with Crippen molar-refractivity contribution in [1.29, 1.82) is 0 Å². The molecule has 1 aliphatic rings. The lowest BCUT2D eigenvalue weighted by molar-refractivity contribution is -0.122. The summed E-state index contributed by atoms with van der Waals surface area (Å²) in [6.07, 6.45) is 4.82. The van der Waals surface area contributed by atoms with Gasteiger partial charge >= 0.3 is 0 Å². The van der Waals surface area contributed by atoms with Gasteiger partial charge in [-0.05, 0) is 42.5 Å². The Morgan fingerprint density at radius 2 is 1.96 bits per heavy atom. The summed E-state index contributed by atoms with van der Waals surface area (Å²) in [6, 6.07) is 7.54. The molecule has 0 radical (unpaired) electrons. The number of benzene rings is 1. The number of nitrogens with zero attached hydrogens (tertiary/aromatic N) is 5. The quantitative estimate of drug-likeness (QED) is 0.803. The van der Waals surface area contributed by atoms with E-state index in [2.05, 4.69) is 15.3 Å². The average molecular weight is 329 g/mol. The Morgan fingerprint density at radius 3 is 2.57 bits per heavy atom. The van der Waals surface area contributed by atoms with Gasteiger partial charge in [0.15, 0.2) is 5.17 Å². The number of aromatic nitrogens is 3. The van der Waals surface area contributed by atoms with Gasteiger partial charge in [-0.15, -0.1) is 15.3 Å². The van der Waals surface area contributed by atoms with E-state index in [4.69, 9.17) is 4.74 Å². The van der Waals surface area contributed by atoms with Crippen LogP contribution in [0.5, 0.6) is 5.75 Å². The average Bonchev–Trinajstić information content (AvgIpc) is 3.17. The fraction of sp³-hybridized carbons (Fsp3) is 0.200. The number of amides is 1. The lowest BCUT2D eigenvalue weighted by Crippen LogP contribution is -2.29. The van der Waals surface area contributed by atoms with E-state index in [0.29, 0.717) is 16.6 Å². The molecular formula is C15H15N5O2S. The van der Waals surface area contributed by atoms with Gasteiger partial charge in [-0.25, -0.2) is 4.68 Å². The highest BCUT2D eigenvalue weighted by atomic mass is 32.2. The van der Waals surface area contributed by atoms with Gasteiger partial charge in [0.25, 0.3) is 5.91 Å². The molecule has 7 nitrogen and oxygen atoms in total. The van der Waals surface area contributed by atoms with Crippen molar-refractivity contribution < 1.29 is 9.53 Å². The first kappa shape index (κ1) is 15.3. The molecule has 0 spiro atoms. The first-order valence-corrected chi connectivity index (χ1v) is 7.82. The molecule has 0 atom stereocenters. The maximum Gasteiger partial charge on any atom is 0.266 e. The van der Waals surface area contributed by atoms with Crippen LogP contribution in [-0.2, 0) is 4.79 Å². The minimum atomic E-state index is -0.0554. The molecule has 0 bridgehead atoms. The number of amidine groups is 1. The molecule has 1 fully saturated rings. The van der Waals surface area contributed by atoms with Crippen LogP contribution in [0, 0.1) is 0 Å². The highest BCUT2D eigenvalue weighted by Gasteiger charge is 2.32. The van der Waals surface area contributed by atoms with Crippen molar-refractivity contribution in [3.8, 4) is 5.75 Å². The Kier molecular flexibility index (Phi) is 4.42. The summed E-state index contributed by atoms with van der Waals surface area (Å²) < 4.78 is 6.62. The lowest BCUT2D eigenvalue weighted by Gasteiger charge is -2.11. The summed E-state index contributed by atoms with van der Waals surface area (Å²) in [6.45, 7) is 2.46. The first-order chi connectivity index (χ1) is 11.2. The molecule has 0 unspecified atom stereocenters. The highest BCUT2D eigenvalue weighted by Crippen LogP contribution is 2.32. The van der Waals surface area contributed by atoms with Crippen molar-refractivity contribution >= 4 is 28.9 Å². The summed E-state index contributed by atoms with van der Waals surface area (Å²) in [4.78, 5) is 14.7. The van der Waals surface area contributed by atoms with Crippen molar-refractivity contribution in [2.45, 2.75) is 6.92 Å². The Morgan fingerprint density at radius 1 is 1.26 bits per heavy atom. The molecule has 1 amide bonds. The maximum absolute atomic E-state index is 12.5. The summed E-state index contributed by atoms with van der Waals surface area (Å²) in [7, 11) is 1.62. The molecule has 2 heterocycles. The van der Waals surface area contributed by atoms with Gasteiger partial charge < -0.3 is 4.74 Å². The summed E-state index contributed by atoms with van der Waals surface area (Å²) in [5.41, 5.74) is 0.934. The third-order valence-corrected chi connectivity index (χ3v) is 4.22. The number of rotatable bonds is 4. The topological polar surface area (TPSA) is 72.6 Å². The minimum absolute atomic E-state index is 0.0554. The van der Waals surface area contributed by atoms with Crippen LogP contribution in [0.4, 0.5) is 0 Å². The fourth-order valence-corrected chi connectivity index (χ4v) is 3.11. The van der Waals surface area contributed by atoms with E-state index in [0.717, 1.165) is 11.3 Å². The van der Waals surface area contributed by atoms with E-state index >= 15 is 0 Å². The number of carbonyl (C=O) groups excluding carboxylic acids is 1. The zero-order chi connectivity index (χ0) is 16.2. The van der Waals surface area contributed by atoms with Gasteiger partial charge in [-0.3, -0.25) is 9.69 Å². The standard InChI is InChI=1S/C15H15N5O2S/c1-3-20-14(21)13(8-11-4-6-12(22-2)7-5-11)23-15(20)18-19-9-16-17-10-19/h4-10H,3H2,1-2H3/b13-8-,18-15?. The summed E-state index contributed by atoms with van der Waals surface area (Å²) in [5.74, 6) is 0.725. The molecular weight excluding hydrogens is 314 g/mol. The summed E-state index contributed by atoms with van der Waals surface area (Å²) >= 11 is 1.33. The van der Waals surface area contributed by atoms with Gasteiger partial charge in [-0.2, -0.15) is 0 Å². The number of methoxy groups -OCH3 is 1. The van der Waals surface area contributed by atoms with Gasteiger partial charge in [0.05, 0.1) is 12.0 Å². The Labute approximate surface area is 137 Å². The van der Waals surface area contributed by atoms with Crippen LogP contribution in [0.1, 0.15) is 12.5 Å². The van der Waals surface area contributed by atoms with E-state index in [1.807, 2.05) is 37.3 Å². The van der Waals surface area contributed by atoms with E-state index in [1.165, 1.54) is 29.1 Å². The number of carbonyl (C=O) groups is 1. The molecule has 1 aromatic carbocycles. The number of thioether (sulfide) groups is 1. The normalized spacial score (nSPS) is 18.2. The van der Waals surface area contributed by atoms with Crippen molar-refractivity contribution in [2.24, 2.45) is 5.10 Å². The molecule has 0 N–H and O–H groups in total. The monoisotopic (exact) mass is 329 g/mol. The Balaban J connectivity index is 1.88. The zero-order valence-corrected chi connectivity index (χ0v) is 13.5. The summed E-state index contributed by atoms with van der Waals surface area (Å²) in [5, 5.41) is 12.4. The molecule has 8 heteroatoms. The van der Waals surface area contributed by atoms with Gasteiger partial charge in [0.2, 0.25) is 0 Å². The molecule has 3 rings (SSSR count). The van der Waals surface area contributed by atoms with Crippen LogP contribution in [0.25, 0.3) is 6.08 Å². The molecule has 0 aliphatic carbocycles. The molecule has 0 saturated carbocycles. The third-order valence-electron chi connectivity index (χ3n) is 3.23. The van der Waals surface area contributed by atoms with Crippen LogP contribution in [0.2, 0.25) is 0 Å². The van der Waals surface area contributed by atoms with Gasteiger partial charge in [0.1, 0.15) is 18.4 Å². The number of hydrogen-bond donors (Lipinski definition) is 0. The molecule has 2 aromatic rings. The van der Waals surface area contributed by atoms with Crippen molar-refractivity contribution in [3.05, 3.63) is 47.4 Å². The maximum atomic E-state index is 12.5. The van der Waals surface area contributed by atoms with Crippen LogP contribution in [0.3, 0.4) is 0 Å². The molecule has 118 valence electrons.